The number of aromatic nitrogens is 2. The number of aryl methyl sites for hydroxylation is 2. The second-order valence-electron chi connectivity index (χ2n) is 7.58. The van der Waals surface area contributed by atoms with Gasteiger partial charge in [0.15, 0.2) is 0 Å². The van der Waals surface area contributed by atoms with E-state index in [0.717, 1.165) is 27.8 Å². The van der Waals surface area contributed by atoms with Gasteiger partial charge >= 0.3 is 0 Å². The molecular formula is C25H23ClN4O2. The van der Waals surface area contributed by atoms with Crippen molar-refractivity contribution in [2.24, 2.45) is 0 Å². The molecule has 0 saturated carbocycles. The number of amides is 2. The average molecular weight is 447 g/mol. The molecule has 1 heterocycles. The van der Waals surface area contributed by atoms with E-state index in [4.69, 9.17) is 11.6 Å². The number of hydrogen-bond acceptors (Lipinski definition) is 3. The summed E-state index contributed by atoms with van der Waals surface area (Å²) in [6.07, 6.45) is 0. The first-order valence-electron chi connectivity index (χ1n) is 10.3. The van der Waals surface area contributed by atoms with Gasteiger partial charge in [0, 0.05) is 5.69 Å². The van der Waals surface area contributed by atoms with Crippen LogP contribution in [0.1, 0.15) is 27.3 Å². The van der Waals surface area contributed by atoms with Crippen molar-refractivity contribution in [1.82, 2.24) is 14.9 Å². The van der Waals surface area contributed by atoms with E-state index in [0.29, 0.717) is 16.4 Å². The molecule has 1 aromatic heterocycles. The summed E-state index contributed by atoms with van der Waals surface area (Å²) in [5, 5.41) is 6.26. The lowest BCUT2D eigenvalue weighted by Gasteiger charge is -2.14. The summed E-state index contributed by atoms with van der Waals surface area (Å²) in [6.45, 7) is 4.16. The lowest BCUT2D eigenvalue weighted by atomic mass is 10.1. The molecule has 0 saturated heterocycles. The van der Waals surface area contributed by atoms with E-state index >= 15 is 0 Å². The number of imidazole rings is 1. The topological polar surface area (TPSA) is 76.0 Å². The summed E-state index contributed by atoms with van der Waals surface area (Å²) < 4.78 is 1.82. The Bertz CT molecular complexity index is 1290. The highest BCUT2D eigenvalue weighted by Crippen LogP contribution is 2.21. The molecule has 2 amide bonds. The zero-order chi connectivity index (χ0) is 22.7. The van der Waals surface area contributed by atoms with E-state index in [9.17, 15) is 9.59 Å². The van der Waals surface area contributed by atoms with Gasteiger partial charge in [0.1, 0.15) is 12.4 Å². The first-order valence-corrected chi connectivity index (χ1v) is 10.6. The lowest BCUT2D eigenvalue weighted by molar-refractivity contribution is -0.116. The standard InChI is InChI=1S/C25H23ClN4O2/c1-16-8-7-9-17(2)24(16)29-23(31)15-30-21-13-6-5-12-20(21)28-22(30)14-27-25(32)18-10-3-4-11-19(18)26/h3-13H,14-15H2,1-2H3,(H,27,32)(H,29,31). The molecule has 0 bridgehead atoms. The molecule has 0 unspecified atom stereocenters. The molecule has 0 fully saturated rings. The predicted molar refractivity (Wildman–Crippen MR) is 127 cm³/mol. The van der Waals surface area contributed by atoms with Crippen LogP contribution in [0, 0.1) is 13.8 Å². The smallest absolute Gasteiger partial charge is 0.253 e. The molecule has 0 aliphatic heterocycles. The molecule has 0 radical (unpaired) electrons. The number of fused-ring (bicyclic) bond motifs is 1. The molecule has 4 rings (SSSR count). The number of anilines is 1. The van der Waals surface area contributed by atoms with Crippen LogP contribution in [-0.4, -0.2) is 21.4 Å². The van der Waals surface area contributed by atoms with Crippen molar-refractivity contribution in [3.63, 3.8) is 0 Å². The Morgan fingerprint density at radius 3 is 2.38 bits per heavy atom. The van der Waals surface area contributed by atoms with Crippen LogP contribution in [-0.2, 0) is 17.9 Å². The third-order valence-electron chi connectivity index (χ3n) is 5.31. The summed E-state index contributed by atoms with van der Waals surface area (Å²) in [6, 6.07) is 20.3. The first kappa shape index (κ1) is 21.6. The Morgan fingerprint density at radius 2 is 1.62 bits per heavy atom. The van der Waals surface area contributed by atoms with Gasteiger partial charge in [0.2, 0.25) is 5.91 Å². The van der Waals surface area contributed by atoms with Crippen LogP contribution in [0.5, 0.6) is 0 Å². The Balaban J connectivity index is 1.57. The number of halogens is 1. The number of para-hydroxylation sites is 3. The number of nitrogens with one attached hydrogen (secondary N) is 2. The van der Waals surface area contributed by atoms with E-state index in [1.54, 1.807) is 24.3 Å². The minimum atomic E-state index is -0.297. The third kappa shape index (κ3) is 4.50. The van der Waals surface area contributed by atoms with Gasteiger partial charge in [-0.1, -0.05) is 54.1 Å². The minimum absolute atomic E-state index is 0.0750. The fourth-order valence-corrected chi connectivity index (χ4v) is 3.89. The largest absolute Gasteiger partial charge is 0.345 e. The molecule has 4 aromatic rings. The van der Waals surface area contributed by atoms with Crippen LogP contribution in [0.4, 0.5) is 5.69 Å². The minimum Gasteiger partial charge on any atom is -0.345 e. The predicted octanol–water partition coefficient (Wildman–Crippen LogP) is 4.88. The van der Waals surface area contributed by atoms with E-state index in [-0.39, 0.29) is 24.9 Å². The van der Waals surface area contributed by atoms with Gasteiger partial charge < -0.3 is 15.2 Å². The number of carbonyl (C=O) groups is 2. The normalized spacial score (nSPS) is 10.8. The third-order valence-corrected chi connectivity index (χ3v) is 5.64. The summed E-state index contributed by atoms with van der Waals surface area (Å²) in [5.74, 6) is 0.127. The monoisotopic (exact) mass is 446 g/mol. The van der Waals surface area contributed by atoms with Crippen molar-refractivity contribution in [3.05, 3.63) is 94.3 Å². The highest BCUT2D eigenvalue weighted by atomic mass is 35.5. The fraction of sp³-hybridized carbons (Fsp3) is 0.160. The summed E-state index contributed by atoms with van der Waals surface area (Å²) in [5.41, 5.74) is 4.79. The zero-order valence-electron chi connectivity index (χ0n) is 17.9. The van der Waals surface area contributed by atoms with Crippen molar-refractivity contribution in [1.29, 1.82) is 0 Å². The molecule has 6 nitrogen and oxygen atoms in total. The molecular weight excluding hydrogens is 424 g/mol. The van der Waals surface area contributed by atoms with Crippen molar-refractivity contribution in [3.8, 4) is 0 Å². The Morgan fingerprint density at radius 1 is 0.938 bits per heavy atom. The Kier molecular flexibility index (Phi) is 6.23. The molecule has 0 aliphatic rings. The highest BCUT2D eigenvalue weighted by molar-refractivity contribution is 6.33. The number of rotatable bonds is 6. The second kappa shape index (κ2) is 9.24. The highest BCUT2D eigenvalue weighted by Gasteiger charge is 2.16. The van der Waals surface area contributed by atoms with Crippen molar-refractivity contribution in [2.75, 3.05) is 5.32 Å². The van der Waals surface area contributed by atoms with Crippen LogP contribution in [0.15, 0.2) is 66.7 Å². The summed E-state index contributed by atoms with van der Waals surface area (Å²) >= 11 is 6.13. The van der Waals surface area contributed by atoms with Crippen LogP contribution in [0.25, 0.3) is 11.0 Å². The fourth-order valence-electron chi connectivity index (χ4n) is 3.67. The van der Waals surface area contributed by atoms with Gasteiger partial charge in [0.05, 0.1) is 28.2 Å². The molecule has 0 aliphatic carbocycles. The van der Waals surface area contributed by atoms with Crippen LogP contribution < -0.4 is 10.6 Å². The average Bonchev–Trinajstić information content (AvgIpc) is 3.12. The first-order chi connectivity index (χ1) is 15.4. The number of carbonyl (C=O) groups excluding carboxylic acids is 2. The molecule has 7 heteroatoms. The van der Waals surface area contributed by atoms with Gasteiger partial charge in [-0.15, -0.1) is 0 Å². The van der Waals surface area contributed by atoms with Gasteiger partial charge in [-0.25, -0.2) is 4.98 Å². The van der Waals surface area contributed by atoms with Crippen LogP contribution in [0.2, 0.25) is 5.02 Å². The SMILES string of the molecule is Cc1cccc(C)c1NC(=O)Cn1c(CNC(=O)c2ccccc2Cl)nc2ccccc21. The van der Waals surface area contributed by atoms with Gasteiger partial charge in [-0.2, -0.15) is 0 Å². The number of nitrogens with zero attached hydrogens (tertiary/aromatic N) is 2. The van der Waals surface area contributed by atoms with Gasteiger partial charge in [-0.05, 0) is 49.2 Å². The maximum Gasteiger partial charge on any atom is 0.253 e. The number of hydrogen-bond donors (Lipinski definition) is 2. The molecule has 0 spiro atoms. The molecule has 3 aromatic carbocycles. The van der Waals surface area contributed by atoms with E-state index in [2.05, 4.69) is 15.6 Å². The van der Waals surface area contributed by atoms with E-state index < -0.39 is 0 Å². The van der Waals surface area contributed by atoms with E-state index in [1.165, 1.54) is 0 Å². The lowest BCUT2D eigenvalue weighted by Crippen LogP contribution is -2.27. The summed E-state index contributed by atoms with van der Waals surface area (Å²) in [7, 11) is 0. The van der Waals surface area contributed by atoms with Crippen LogP contribution >= 0.6 is 11.6 Å². The molecule has 32 heavy (non-hydrogen) atoms. The summed E-state index contributed by atoms with van der Waals surface area (Å²) in [4.78, 5) is 30.1. The maximum absolute atomic E-state index is 12.9. The maximum atomic E-state index is 12.9. The van der Waals surface area contributed by atoms with Crippen molar-refractivity contribution in [2.45, 2.75) is 26.9 Å². The molecule has 2 N–H and O–H groups in total. The Hall–Kier alpha value is -3.64. The van der Waals surface area contributed by atoms with E-state index in [1.807, 2.05) is 60.9 Å². The zero-order valence-corrected chi connectivity index (χ0v) is 18.6. The van der Waals surface area contributed by atoms with Crippen molar-refractivity contribution >= 4 is 40.1 Å². The molecule has 0 atom stereocenters. The second-order valence-corrected chi connectivity index (χ2v) is 7.99. The van der Waals surface area contributed by atoms with Crippen molar-refractivity contribution < 1.29 is 9.59 Å². The Labute approximate surface area is 191 Å². The molecule has 162 valence electrons. The van der Waals surface area contributed by atoms with Gasteiger partial charge in [-0.3, -0.25) is 9.59 Å². The number of benzene rings is 3. The van der Waals surface area contributed by atoms with Gasteiger partial charge in [0.25, 0.3) is 5.91 Å². The quantitative estimate of drug-likeness (QED) is 0.443. The van der Waals surface area contributed by atoms with Crippen LogP contribution in [0.3, 0.4) is 0 Å².